The first-order valence-corrected chi connectivity index (χ1v) is 6.47. The smallest absolute Gasteiger partial charge is 0.265 e. The third kappa shape index (κ3) is 3.06. The number of ketones is 1. The van der Waals surface area contributed by atoms with Crippen LogP contribution in [0.25, 0.3) is 0 Å². The molecule has 2 aromatic rings. The minimum absolute atomic E-state index is 0.0783. The van der Waals surface area contributed by atoms with Crippen molar-refractivity contribution in [1.29, 1.82) is 0 Å². The number of carbonyl (C=O) groups excluding carboxylic acids is 2. The summed E-state index contributed by atoms with van der Waals surface area (Å²) in [5.41, 5.74) is 0.916. The Hall–Kier alpha value is -2.01. The van der Waals surface area contributed by atoms with Crippen LogP contribution in [0.4, 0.5) is 10.1 Å². The van der Waals surface area contributed by atoms with Gasteiger partial charge in [0.1, 0.15) is 5.82 Å². The van der Waals surface area contributed by atoms with Crippen molar-refractivity contribution in [2.45, 2.75) is 13.8 Å². The highest BCUT2D eigenvalue weighted by atomic mass is 32.1. The number of rotatable bonds is 3. The van der Waals surface area contributed by atoms with Crippen LogP contribution in [0.2, 0.25) is 0 Å². The minimum atomic E-state index is -0.367. The van der Waals surface area contributed by atoms with Crippen molar-refractivity contribution in [3.63, 3.8) is 0 Å². The van der Waals surface area contributed by atoms with Gasteiger partial charge in [0, 0.05) is 5.69 Å². The summed E-state index contributed by atoms with van der Waals surface area (Å²) in [6.45, 7) is 3.10. The van der Waals surface area contributed by atoms with Crippen LogP contribution in [0.5, 0.6) is 0 Å². The van der Waals surface area contributed by atoms with Gasteiger partial charge in [0.15, 0.2) is 5.78 Å². The number of carbonyl (C=O) groups is 2. The van der Waals surface area contributed by atoms with E-state index in [0.29, 0.717) is 21.0 Å². The molecule has 1 aromatic heterocycles. The van der Waals surface area contributed by atoms with Gasteiger partial charge in [-0.05, 0) is 43.7 Å². The predicted molar refractivity (Wildman–Crippen MR) is 73.4 cm³/mol. The Kier molecular flexibility index (Phi) is 3.76. The summed E-state index contributed by atoms with van der Waals surface area (Å²) in [5.74, 6) is -0.792. The third-order valence-electron chi connectivity index (χ3n) is 2.61. The van der Waals surface area contributed by atoms with Crippen LogP contribution in [0.3, 0.4) is 0 Å². The molecule has 19 heavy (non-hydrogen) atoms. The minimum Gasteiger partial charge on any atom is -0.321 e. The summed E-state index contributed by atoms with van der Waals surface area (Å²) in [7, 11) is 0. The van der Waals surface area contributed by atoms with E-state index in [9.17, 15) is 14.0 Å². The van der Waals surface area contributed by atoms with Gasteiger partial charge in [-0.3, -0.25) is 9.59 Å². The topological polar surface area (TPSA) is 46.2 Å². The van der Waals surface area contributed by atoms with Crippen molar-refractivity contribution in [3.8, 4) is 0 Å². The van der Waals surface area contributed by atoms with E-state index < -0.39 is 0 Å². The Morgan fingerprint density at radius 1 is 1.16 bits per heavy atom. The number of amides is 1. The van der Waals surface area contributed by atoms with Crippen LogP contribution in [0, 0.1) is 12.7 Å². The lowest BCUT2D eigenvalue weighted by atomic mass is 10.2. The average molecular weight is 277 g/mol. The lowest BCUT2D eigenvalue weighted by molar-refractivity contribution is 0.101. The van der Waals surface area contributed by atoms with Crippen LogP contribution in [-0.4, -0.2) is 11.7 Å². The van der Waals surface area contributed by atoms with Crippen LogP contribution >= 0.6 is 11.3 Å². The second kappa shape index (κ2) is 5.32. The van der Waals surface area contributed by atoms with E-state index in [2.05, 4.69) is 5.32 Å². The van der Waals surface area contributed by atoms with Gasteiger partial charge in [-0.15, -0.1) is 11.3 Å². The zero-order chi connectivity index (χ0) is 14.0. The van der Waals surface area contributed by atoms with Gasteiger partial charge < -0.3 is 5.32 Å². The first kappa shape index (κ1) is 13.4. The molecule has 1 N–H and O–H groups in total. The van der Waals surface area contributed by atoms with E-state index in [1.165, 1.54) is 13.0 Å². The SMILES string of the molecule is CC(=O)c1ccc(C(=O)Nc2ccc(C)c(F)c2)s1. The molecule has 1 amide bonds. The standard InChI is InChI=1S/C14H12FNO2S/c1-8-3-4-10(7-11(8)15)16-14(18)13-6-5-12(19-13)9(2)17/h3-7H,1-2H3,(H,16,18). The first-order valence-electron chi connectivity index (χ1n) is 5.65. The summed E-state index contributed by atoms with van der Waals surface area (Å²) in [6, 6.07) is 7.70. The van der Waals surface area contributed by atoms with Gasteiger partial charge in [-0.25, -0.2) is 4.39 Å². The van der Waals surface area contributed by atoms with Crippen molar-refractivity contribution >= 4 is 28.7 Å². The summed E-state index contributed by atoms with van der Waals surface area (Å²) in [4.78, 5) is 24.0. The Morgan fingerprint density at radius 2 is 1.84 bits per heavy atom. The molecule has 0 saturated heterocycles. The number of aryl methyl sites for hydroxylation is 1. The number of halogens is 1. The van der Waals surface area contributed by atoms with Gasteiger partial charge >= 0.3 is 0 Å². The molecule has 0 fully saturated rings. The molecule has 0 radical (unpaired) electrons. The average Bonchev–Trinajstić information content (AvgIpc) is 2.83. The molecule has 98 valence electrons. The second-order valence-corrected chi connectivity index (χ2v) is 5.22. The quantitative estimate of drug-likeness (QED) is 0.870. The summed E-state index contributed by atoms with van der Waals surface area (Å²) >= 11 is 1.12. The molecule has 0 aliphatic carbocycles. The van der Waals surface area contributed by atoms with Gasteiger partial charge in [-0.2, -0.15) is 0 Å². The predicted octanol–water partition coefficient (Wildman–Crippen LogP) is 3.65. The van der Waals surface area contributed by atoms with Gasteiger partial charge in [0.2, 0.25) is 0 Å². The Bertz CT molecular complexity index is 649. The molecule has 0 bridgehead atoms. The third-order valence-corrected chi connectivity index (χ3v) is 3.79. The highest BCUT2D eigenvalue weighted by Gasteiger charge is 2.12. The lowest BCUT2D eigenvalue weighted by Gasteiger charge is -2.04. The molecule has 0 aliphatic rings. The number of benzene rings is 1. The van der Waals surface area contributed by atoms with Crippen LogP contribution in [-0.2, 0) is 0 Å². The molecule has 1 heterocycles. The number of anilines is 1. The summed E-state index contributed by atoms with van der Waals surface area (Å²) in [6.07, 6.45) is 0. The number of thiophene rings is 1. The monoisotopic (exact) mass is 277 g/mol. The van der Waals surface area contributed by atoms with Gasteiger partial charge in [-0.1, -0.05) is 6.07 Å². The fourth-order valence-electron chi connectivity index (χ4n) is 1.51. The van der Waals surface area contributed by atoms with E-state index in [0.717, 1.165) is 11.3 Å². The molecule has 2 rings (SSSR count). The second-order valence-electron chi connectivity index (χ2n) is 4.14. The molecule has 0 atom stereocenters. The lowest BCUT2D eigenvalue weighted by Crippen LogP contribution is -2.10. The van der Waals surface area contributed by atoms with E-state index in [4.69, 9.17) is 0 Å². The molecular weight excluding hydrogens is 265 g/mol. The summed E-state index contributed by atoms with van der Waals surface area (Å²) in [5, 5.41) is 2.60. The van der Waals surface area contributed by atoms with E-state index in [1.54, 1.807) is 31.2 Å². The Labute approximate surface area is 114 Å². The number of nitrogens with one attached hydrogen (secondary N) is 1. The molecule has 0 unspecified atom stereocenters. The molecule has 0 aliphatic heterocycles. The molecule has 0 saturated carbocycles. The van der Waals surface area contributed by atoms with Crippen molar-refractivity contribution in [2.24, 2.45) is 0 Å². The number of hydrogen-bond donors (Lipinski definition) is 1. The molecule has 0 spiro atoms. The zero-order valence-corrected chi connectivity index (χ0v) is 11.3. The summed E-state index contributed by atoms with van der Waals surface area (Å²) < 4.78 is 13.3. The van der Waals surface area contributed by atoms with Crippen LogP contribution < -0.4 is 5.32 Å². The fourth-order valence-corrected chi connectivity index (χ4v) is 2.31. The number of Topliss-reactive ketones (excluding diaryl/α,β-unsaturated/α-hetero) is 1. The molecule has 5 heteroatoms. The Balaban J connectivity index is 2.15. The zero-order valence-electron chi connectivity index (χ0n) is 10.5. The maximum Gasteiger partial charge on any atom is 0.265 e. The van der Waals surface area contributed by atoms with Crippen LogP contribution in [0.1, 0.15) is 31.8 Å². The number of hydrogen-bond acceptors (Lipinski definition) is 3. The van der Waals surface area contributed by atoms with E-state index in [1.807, 2.05) is 0 Å². The first-order chi connectivity index (χ1) is 8.97. The normalized spacial score (nSPS) is 10.3. The van der Waals surface area contributed by atoms with Gasteiger partial charge in [0.25, 0.3) is 5.91 Å². The van der Waals surface area contributed by atoms with Crippen molar-refractivity contribution in [2.75, 3.05) is 5.32 Å². The van der Waals surface area contributed by atoms with Crippen molar-refractivity contribution in [3.05, 3.63) is 51.5 Å². The van der Waals surface area contributed by atoms with E-state index in [-0.39, 0.29) is 17.5 Å². The maximum absolute atomic E-state index is 13.3. The van der Waals surface area contributed by atoms with Crippen LogP contribution in [0.15, 0.2) is 30.3 Å². The molecule has 3 nitrogen and oxygen atoms in total. The van der Waals surface area contributed by atoms with Gasteiger partial charge in [0.05, 0.1) is 9.75 Å². The highest BCUT2D eigenvalue weighted by molar-refractivity contribution is 7.16. The largest absolute Gasteiger partial charge is 0.321 e. The molecule has 1 aromatic carbocycles. The van der Waals surface area contributed by atoms with E-state index >= 15 is 0 Å². The fraction of sp³-hybridized carbons (Fsp3) is 0.143. The van der Waals surface area contributed by atoms with Crippen molar-refractivity contribution < 1.29 is 14.0 Å². The Morgan fingerprint density at radius 3 is 2.42 bits per heavy atom. The maximum atomic E-state index is 13.3. The van der Waals surface area contributed by atoms with Crippen molar-refractivity contribution in [1.82, 2.24) is 0 Å². The molecular formula is C14H12FNO2S. The highest BCUT2D eigenvalue weighted by Crippen LogP contribution is 2.19.